The smallest absolute Gasteiger partial charge is 0.277 e. The maximum atomic E-state index is 12.3. The van der Waals surface area contributed by atoms with Gasteiger partial charge in [0.15, 0.2) is 5.69 Å². The molecule has 0 bridgehead atoms. The van der Waals surface area contributed by atoms with Crippen molar-refractivity contribution in [1.82, 2.24) is 4.98 Å². The number of para-hydroxylation sites is 1. The number of halogens is 4. The van der Waals surface area contributed by atoms with Gasteiger partial charge in [-0.1, -0.05) is 52.5 Å². The van der Waals surface area contributed by atoms with Crippen LogP contribution in [0.15, 0.2) is 47.1 Å². The van der Waals surface area contributed by atoms with Crippen LogP contribution in [0.3, 0.4) is 0 Å². The molecule has 1 amide bonds. The summed E-state index contributed by atoms with van der Waals surface area (Å²) < 4.78 is 5.33. The van der Waals surface area contributed by atoms with E-state index in [9.17, 15) is 4.79 Å². The summed E-state index contributed by atoms with van der Waals surface area (Å²) in [7, 11) is 0. The molecule has 0 saturated carbocycles. The van der Waals surface area contributed by atoms with E-state index in [0.717, 1.165) is 0 Å². The van der Waals surface area contributed by atoms with E-state index in [0.29, 0.717) is 31.3 Å². The second-order valence-corrected chi connectivity index (χ2v) is 6.35. The van der Waals surface area contributed by atoms with Crippen LogP contribution in [0.4, 0.5) is 5.69 Å². The average Bonchev–Trinajstić information content (AvgIpc) is 3.03. The second kappa shape index (κ2) is 7.03. The Labute approximate surface area is 157 Å². The Morgan fingerprint density at radius 3 is 2.33 bits per heavy atom. The zero-order valence-electron chi connectivity index (χ0n) is 11.8. The van der Waals surface area contributed by atoms with Crippen LogP contribution in [-0.4, -0.2) is 10.9 Å². The standard InChI is InChI=1S/C16H8Cl4N2O2/c17-9-5-4-8(6-12(9)20)16-21-13(7-24-16)15(23)22-14-10(18)2-1-3-11(14)19/h1-7H,(H,22,23). The van der Waals surface area contributed by atoms with Crippen LogP contribution in [0, 0.1) is 0 Å². The molecule has 122 valence electrons. The molecule has 0 aliphatic rings. The molecule has 0 aliphatic heterocycles. The molecule has 2 aromatic carbocycles. The van der Waals surface area contributed by atoms with Crippen molar-refractivity contribution in [3.05, 3.63) is 68.4 Å². The molecule has 0 radical (unpaired) electrons. The number of carbonyl (C=O) groups excluding carboxylic acids is 1. The summed E-state index contributed by atoms with van der Waals surface area (Å²) in [5, 5.41) is 4.03. The van der Waals surface area contributed by atoms with Crippen molar-refractivity contribution < 1.29 is 9.21 Å². The Kier molecular flexibility index (Phi) is 5.01. The van der Waals surface area contributed by atoms with Gasteiger partial charge in [0.1, 0.15) is 6.26 Å². The molecular formula is C16H8Cl4N2O2. The number of carbonyl (C=O) groups is 1. The van der Waals surface area contributed by atoms with Gasteiger partial charge < -0.3 is 9.73 Å². The minimum Gasteiger partial charge on any atom is -0.444 e. The number of rotatable bonds is 3. The Bertz CT molecular complexity index is 904. The predicted octanol–water partition coefficient (Wildman–Crippen LogP) is 6.21. The molecule has 1 aromatic heterocycles. The van der Waals surface area contributed by atoms with Gasteiger partial charge in [0.25, 0.3) is 5.91 Å². The van der Waals surface area contributed by atoms with Crippen LogP contribution >= 0.6 is 46.4 Å². The van der Waals surface area contributed by atoms with E-state index in [4.69, 9.17) is 50.8 Å². The highest BCUT2D eigenvalue weighted by Crippen LogP contribution is 2.31. The third-order valence-electron chi connectivity index (χ3n) is 3.10. The number of hydrogen-bond donors (Lipinski definition) is 1. The first kappa shape index (κ1) is 17.1. The first-order chi connectivity index (χ1) is 11.5. The quantitative estimate of drug-likeness (QED) is 0.567. The van der Waals surface area contributed by atoms with Crippen LogP contribution in [0.2, 0.25) is 20.1 Å². The number of oxazole rings is 1. The molecule has 0 aliphatic carbocycles. The number of nitrogens with zero attached hydrogens (tertiary/aromatic N) is 1. The fourth-order valence-electron chi connectivity index (χ4n) is 1.93. The van der Waals surface area contributed by atoms with Crippen molar-refractivity contribution in [2.24, 2.45) is 0 Å². The fourth-order valence-corrected chi connectivity index (χ4v) is 2.72. The summed E-state index contributed by atoms with van der Waals surface area (Å²) >= 11 is 23.9. The molecule has 1 heterocycles. The Balaban J connectivity index is 1.85. The number of hydrogen-bond acceptors (Lipinski definition) is 3. The minimum absolute atomic E-state index is 0.0760. The van der Waals surface area contributed by atoms with Crippen LogP contribution in [0.25, 0.3) is 11.5 Å². The molecule has 24 heavy (non-hydrogen) atoms. The van der Waals surface area contributed by atoms with Gasteiger partial charge in [-0.3, -0.25) is 4.79 Å². The maximum absolute atomic E-state index is 12.3. The van der Waals surface area contributed by atoms with Crippen LogP contribution in [-0.2, 0) is 0 Å². The number of amides is 1. The average molecular weight is 402 g/mol. The van der Waals surface area contributed by atoms with Gasteiger partial charge >= 0.3 is 0 Å². The van der Waals surface area contributed by atoms with Crippen LogP contribution in [0.5, 0.6) is 0 Å². The van der Waals surface area contributed by atoms with E-state index in [1.54, 1.807) is 36.4 Å². The van der Waals surface area contributed by atoms with Crippen molar-refractivity contribution in [2.45, 2.75) is 0 Å². The summed E-state index contributed by atoms with van der Waals surface area (Å²) in [6.07, 6.45) is 1.23. The normalized spacial score (nSPS) is 10.7. The van der Waals surface area contributed by atoms with Crippen molar-refractivity contribution in [2.75, 3.05) is 5.32 Å². The summed E-state index contributed by atoms with van der Waals surface area (Å²) in [6.45, 7) is 0. The van der Waals surface area contributed by atoms with Gasteiger partial charge in [-0.15, -0.1) is 0 Å². The summed E-state index contributed by atoms with van der Waals surface area (Å²) in [4.78, 5) is 16.4. The molecule has 0 atom stereocenters. The van der Waals surface area contributed by atoms with E-state index in [-0.39, 0.29) is 11.6 Å². The molecule has 3 rings (SSSR count). The fraction of sp³-hybridized carbons (Fsp3) is 0. The molecule has 4 nitrogen and oxygen atoms in total. The molecule has 0 saturated heterocycles. The largest absolute Gasteiger partial charge is 0.444 e. The first-order valence-electron chi connectivity index (χ1n) is 6.62. The van der Waals surface area contributed by atoms with Crippen molar-refractivity contribution in [3.63, 3.8) is 0 Å². The Morgan fingerprint density at radius 1 is 0.958 bits per heavy atom. The van der Waals surface area contributed by atoms with Gasteiger partial charge in [0.2, 0.25) is 5.89 Å². The predicted molar refractivity (Wildman–Crippen MR) is 96.4 cm³/mol. The topological polar surface area (TPSA) is 55.1 Å². The van der Waals surface area contributed by atoms with Crippen molar-refractivity contribution in [1.29, 1.82) is 0 Å². The van der Waals surface area contributed by atoms with Crippen molar-refractivity contribution in [3.8, 4) is 11.5 Å². The highest BCUT2D eigenvalue weighted by molar-refractivity contribution is 6.42. The van der Waals surface area contributed by atoms with Gasteiger partial charge in [-0.2, -0.15) is 0 Å². The molecular weight excluding hydrogens is 394 g/mol. The van der Waals surface area contributed by atoms with E-state index < -0.39 is 5.91 Å². The highest BCUT2D eigenvalue weighted by atomic mass is 35.5. The van der Waals surface area contributed by atoms with Crippen LogP contribution < -0.4 is 5.32 Å². The van der Waals surface area contributed by atoms with E-state index >= 15 is 0 Å². The van der Waals surface area contributed by atoms with Gasteiger partial charge in [-0.25, -0.2) is 4.98 Å². The molecule has 1 N–H and O–H groups in total. The van der Waals surface area contributed by atoms with E-state index in [2.05, 4.69) is 10.3 Å². The zero-order chi connectivity index (χ0) is 17.3. The first-order valence-corrected chi connectivity index (χ1v) is 8.13. The lowest BCUT2D eigenvalue weighted by Crippen LogP contribution is -2.13. The zero-order valence-corrected chi connectivity index (χ0v) is 14.8. The number of anilines is 1. The highest BCUT2D eigenvalue weighted by Gasteiger charge is 2.16. The number of benzene rings is 2. The number of nitrogens with one attached hydrogen (secondary N) is 1. The monoisotopic (exact) mass is 400 g/mol. The summed E-state index contributed by atoms with van der Waals surface area (Å²) in [5.74, 6) is -0.260. The second-order valence-electron chi connectivity index (χ2n) is 4.72. The third-order valence-corrected chi connectivity index (χ3v) is 4.47. The lowest BCUT2D eigenvalue weighted by Gasteiger charge is -2.07. The van der Waals surface area contributed by atoms with E-state index in [1.165, 1.54) is 6.26 Å². The van der Waals surface area contributed by atoms with Crippen LogP contribution in [0.1, 0.15) is 10.5 Å². The molecule has 0 fully saturated rings. The molecule has 8 heteroatoms. The maximum Gasteiger partial charge on any atom is 0.277 e. The van der Waals surface area contributed by atoms with Gasteiger partial charge in [0, 0.05) is 5.56 Å². The SMILES string of the molecule is O=C(Nc1c(Cl)cccc1Cl)c1coc(-c2ccc(Cl)c(Cl)c2)n1. The summed E-state index contributed by atoms with van der Waals surface area (Å²) in [5.41, 5.74) is 0.983. The lowest BCUT2D eigenvalue weighted by molar-refractivity contribution is 0.102. The minimum atomic E-state index is -0.500. The van der Waals surface area contributed by atoms with Gasteiger partial charge in [-0.05, 0) is 30.3 Å². The Morgan fingerprint density at radius 2 is 1.67 bits per heavy atom. The molecule has 0 unspecified atom stereocenters. The van der Waals surface area contributed by atoms with E-state index in [1.807, 2.05) is 0 Å². The molecule has 0 spiro atoms. The third kappa shape index (κ3) is 3.52. The lowest BCUT2D eigenvalue weighted by atomic mass is 10.2. The number of aromatic nitrogens is 1. The Hall–Kier alpha value is -1.72. The van der Waals surface area contributed by atoms with Crippen molar-refractivity contribution >= 4 is 58.0 Å². The molecule has 3 aromatic rings. The van der Waals surface area contributed by atoms with Gasteiger partial charge in [0.05, 0.1) is 25.8 Å². The summed E-state index contributed by atoms with van der Waals surface area (Å²) in [6, 6.07) is 9.82.